The highest BCUT2D eigenvalue weighted by Gasteiger charge is 2.18. The van der Waals surface area contributed by atoms with Crippen LogP contribution in [0, 0.1) is 0 Å². The maximum absolute atomic E-state index is 12.6. The van der Waals surface area contributed by atoms with Crippen LogP contribution in [0.2, 0.25) is 0 Å². The van der Waals surface area contributed by atoms with Crippen LogP contribution < -0.4 is 5.32 Å². The van der Waals surface area contributed by atoms with E-state index in [0.717, 1.165) is 16.5 Å². The number of carbonyl (C=O) groups excluding carboxylic acids is 1. The van der Waals surface area contributed by atoms with Gasteiger partial charge in [-0.05, 0) is 51.8 Å². The van der Waals surface area contributed by atoms with Crippen molar-refractivity contribution in [3.05, 3.63) is 88.8 Å². The van der Waals surface area contributed by atoms with Gasteiger partial charge >= 0.3 is 0 Å². The molecule has 29 heavy (non-hydrogen) atoms. The molecule has 0 saturated carbocycles. The summed E-state index contributed by atoms with van der Waals surface area (Å²) >= 11 is 3.43. The average molecular weight is 470 g/mol. The van der Waals surface area contributed by atoms with Crippen LogP contribution in [0.1, 0.15) is 16.1 Å². The van der Waals surface area contributed by atoms with Crippen LogP contribution in [0.15, 0.2) is 87.3 Å². The van der Waals surface area contributed by atoms with Crippen LogP contribution in [0.25, 0.3) is 10.9 Å². The number of carbonyl (C=O) groups is 1. The summed E-state index contributed by atoms with van der Waals surface area (Å²) in [4.78, 5) is 20.1. The van der Waals surface area contributed by atoms with Crippen LogP contribution in [-0.4, -0.2) is 24.3 Å². The van der Waals surface area contributed by atoms with E-state index in [9.17, 15) is 13.2 Å². The molecule has 0 saturated heterocycles. The van der Waals surface area contributed by atoms with Crippen LogP contribution in [0.4, 0.5) is 0 Å². The molecule has 2 N–H and O–H groups in total. The molecule has 6 nitrogen and oxygen atoms in total. The molecule has 0 fully saturated rings. The van der Waals surface area contributed by atoms with E-state index in [2.05, 4.69) is 31.2 Å². The van der Waals surface area contributed by atoms with Gasteiger partial charge in [0.15, 0.2) is 0 Å². The maximum atomic E-state index is 12.6. The predicted octanol–water partition coefficient (Wildman–Crippen LogP) is 4.09. The van der Waals surface area contributed by atoms with Gasteiger partial charge in [-0.25, -0.2) is 8.42 Å². The van der Waals surface area contributed by atoms with Gasteiger partial charge in [0, 0.05) is 24.3 Å². The van der Waals surface area contributed by atoms with Gasteiger partial charge in [-0.2, -0.15) is 0 Å². The lowest BCUT2D eigenvalue weighted by atomic mass is 10.2. The summed E-state index contributed by atoms with van der Waals surface area (Å²) in [5.41, 5.74) is 2.02. The molecule has 4 rings (SSSR count). The molecule has 0 atom stereocenters. The molecule has 0 aliphatic carbocycles. The lowest BCUT2D eigenvalue weighted by Crippen LogP contribution is -2.23. The predicted molar refractivity (Wildman–Crippen MR) is 113 cm³/mol. The summed E-state index contributed by atoms with van der Waals surface area (Å²) in [6.45, 7) is 0.268. The molecule has 0 bridgehead atoms. The fraction of sp³-hybridized carbons (Fsp3) is 0.0476. The first kappa shape index (κ1) is 19.4. The molecule has 2 aromatic heterocycles. The molecule has 1 amide bonds. The number of H-pyrrole nitrogens is 1. The summed E-state index contributed by atoms with van der Waals surface area (Å²) in [6.07, 6.45) is 3.33. The topological polar surface area (TPSA) is 91.9 Å². The minimum atomic E-state index is -3.55. The van der Waals surface area contributed by atoms with E-state index in [1.807, 2.05) is 0 Å². The zero-order valence-corrected chi connectivity index (χ0v) is 17.5. The Balaban J connectivity index is 1.48. The number of nitrogens with zero attached hydrogens (tertiary/aromatic N) is 1. The van der Waals surface area contributed by atoms with Crippen LogP contribution in [-0.2, 0) is 16.4 Å². The monoisotopic (exact) mass is 469 g/mol. The largest absolute Gasteiger partial charge is 0.349 e. The van der Waals surface area contributed by atoms with E-state index < -0.39 is 9.84 Å². The second kappa shape index (κ2) is 7.81. The summed E-state index contributed by atoms with van der Waals surface area (Å²) in [5.74, 6) is -0.269. The summed E-state index contributed by atoms with van der Waals surface area (Å²) in [6, 6.07) is 16.6. The second-order valence-electron chi connectivity index (χ2n) is 6.38. The van der Waals surface area contributed by atoms with Crippen molar-refractivity contribution in [1.29, 1.82) is 0 Å². The number of aromatic amines is 1. The van der Waals surface area contributed by atoms with Crippen LogP contribution in [0.3, 0.4) is 0 Å². The Morgan fingerprint density at radius 3 is 2.38 bits per heavy atom. The van der Waals surface area contributed by atoms with Crippen molar-refractivity contribution in [2.75, 3.05) is 0 Å². The van der Waals surface area contributed by atoms with Crippen molar-refractivity contribution >= 4 is 42.6 Å². The minimum absolute atomic E-state index is 0.213. The number of aromatic nitrogens is 2. The lowest BCUT2D eigenvalue weighted by molar-refractivity contribution is 0.0946. The van der Waals surface area contributed by atoms with E-state index in [4.69, 9.17) is 0 Å². The smallest absolute Gasteiger partial charge is 0.269 e. The molecule has 146 valence electrons. The van der Waals surface area contributed by atoms with E-state index in [-0.39, 0.29) is 22.2 Å². The first-order chi connectivity index (χ1) is 14.0. The average Bonchev–Trinajstić information content (AvgIpc) is 3.10. The van der Waals surface area contributed by atoms with Gasteiger partial charge in [-0.1, -0.05) is 30.3 Å². The van der Waals surface area contributed by atoms with Gasteiger partial charge in [-0.3, -0.25) is 9.78 Å². The van der Waals surface area contributed by atoms with Gasteiger partial charge in [-0.15, -0.1) is 0 Å². The molecule has 0 aliphatic rings. The molecule has 2 heterocycles. The molecule has 0 aliphatic heterocycles. The van der Waals surface area contributed by atoms with Gasteiger partial charge in [0.2, 0.25) is 9.84 Å². The Labute approximate surface area is 176 Å². The highest BCUT2D eigenvalue weighted by Crippen LogP contribution is 2.27. The van der Waals surface area contributed by atoms with Crippen molar-refractivity contribution in [3.63, 3.8) is 0 Å². The van der Waals surface area contributed by atoms with E-state index in [1.165, 1.54) is 0 Å². The third kappa shape index (κ3) is 3.81. The molecular formula is C21H16BrN3O3S. The first-order valence-corrected chi connectivity index (χ1v) is 11.0. The molecule has 4 aromatic rings. The minimum Gasteiger partial charge on any atom is -0.349 e. The van der Waals surface area contributed by atoms with Crippen molar-refractivity contribution in [2.45, 2.75) is 16.3 Å². The number of fused-ring (bicyclic) bond motifs is 1. The fourth-order valence-corrected chi connectivity index (χ4v) is 4.83. The highest BCUT2D eigenvalue weighted by molar-refractivity contribution is 9.10. The third-order valence-electron chi connectivity index (χ3n) is 4.50. The zero-order valence-electron chi connectivity index (χ0n) is 15.1. The summed E-state index contributed by atoms with van der Waals surface area (Å²) < 4.78 is 25.9. The van der Waals surface area contributed by atoms with E-state index in [1.54, 1.807) is 73.1 Å². The number of hydrogen-bond donors (Lipinski definition) is 2. The van der Waals surface area contributed by atoms with Gasteiger partial charge < -0.3 is 10.3 Å². The molecule has 0 unspecified atom stereocenters. The maximum Gasteiger partial charge on any atom is 0.269 e. The number of sulfone groups is 1. The fourth-order valence-electron chi connectivity index (χ4n) is 2.95. The first-order valence-electron chi connectivity index (χ1n) is 8.75. The van der Waals surface area contributed by atoms with E-state index >= 15 is 0 Å². The molecular weight excluding hydrogens is 454 g/mol. The molecule has 8 heteroatoms. The Morgan fingerprint density at radius 1 is 1.00 bits per heavy atom. The third-order valence-corrected chi connectivity index (χ3v) is 7.11. The zero-order chi connectivity index (χ0) is 20.4. The number of amides is 1. The van der Waals surface area contributed by atoms with Crippen molar-refractivity contribution < 1.29 is 13.2 Å². The number of pyridine rings is 1. The molecule has 0 radical (unpaired) electrons. The van der Waals surface area contributed by atoms with Crippen LogP contribution >= 0.6 is 15.9 Å². The number of nitrogens with one attached hydrogen (secondary N) is 2. The second-order valence-corrected chi connectivity index (χ2v) is 9.12. The Hall–Kier alpha value is -2.97. The number of halogens is 1. The lowest BCUT2D eigenvalue weighted by Gasteiger charge is -2.07. The van der Waals surface area contributed by atoms with Gasteiger partial charge in [0.25, 0.3) is 5.91 Å². The van der Waals surface area contributed by atoms with Gasteiger partial charge in [0.05, 0.1) is 19.8 Å². The SMILES string of the molecule is O=C(NCc1ccc(S(=O)(=O)c2ccccc2)cc1)c1[nH]c2ccncc2c1Br. The Kier molecular flexibility index (Phi) is 5.21. The number of benzene rings is 2. The number of rotatable bonds is 5. The normalized spacial score (nSPS) is 11.5. The van der Waals surface area contributed by atoms with Crippen molar-refractivity contribution in [2.24, 2.45) is 0 Å². The van der Waals surface area contributed by atoms with Gasteiger partial charge in [0.1, 0.15) is 5.69 Å². The van der Waals surface area contributed by atoms with Crippen molar-refractivity contribution in [3.8, 4) is 0 Å². The standard InChI is InChI=1S/C21H16BrN3O3S/c22-19-17-13-23-11-10-18(17)25-20(19)21(26)24-12-14-6-8-16(9-7-14)29(27,28)15-4-2-1-3-5-15/h1-11,13,25H,12H2,(H,24,26). The molecule has 0 spiro atoms. The number of hydrogen-bond acceptors (Lipinski definition) is 4. The highest BCUT2D eigenvalue weighted by atomic mass is 79.9. The summed E-state index contributed by atoms with van der Waals surface area (Å²) in [7, 11) is -3.55. The Bertz CT molecular complexity index is 1280. The summed E-state index contributed by atoms with van der Waals surface area (Å²) in [5, 5.41) is 3.66. The van der Waals surface area contributed by atoms with E-state index in [0.29, 0.717) is 10.2 Å². The van der Waals surface area contributed by atoms with Crippen LogP contribution in [0.5, 0.6) is 0 Å². The Morgan fingerprint density at radius 2 is 1.69 bits per heavy atom. The quantitative estimate of drug-likeness (QED) is 0.460. The molecule has 2 aromatic carbocycles. The van der Waals surface area contributed by atoms with Crippen molar-refractivity contribution in [1.82, 2.24) is 15.3 Å².